The van der Waals surface area contributed by atoms with Crippen molar-refractivity contribution in [1.29, 1.82) is 0 Å². The van der Waals surface area contributed by atoms with E-state index in [1.54, 1.807) is 7.05 Å². The van der Waals surface area contributed by atoms with E-state index >= 15 is 0 Å². The smallest absolute Gasteiger partial charge is 0.191 e. The molecule has 0 aliphatic carbocycles. The molecule has 6 heteroatoms. The van der Waals surface area contributed by atoms with Crippen LogP contribution in [0.2, 0.25) is 0 Å². The topological polar surface area (TPSA) is 63.5 Å². The van der Waals surface area contributed by atoms with Gasteiger partial charge >= 0.3 is 0 Å². The summed E-state index contributed by atoms with van der Waals surface area (Å²) in [5, 5.41) is 11.5. The Morgan fingerprint density at radius 3 is 2.52 bits per heavy atom. The molecule has 0 amide bonds. The molecule has 0 spiro atoms. The van der Waals surface area contributed by atoms with Gasteiger partial charge in [0, 0.05) is 44.0 Å². The maximum Gasteiger partial charge on any atom is 0.191 e. The van der Waals surface area contributed by atoms with E-state index < -0.39 is 0 Å². The van der Waals surface area contributed by atoms with Crippen LogP contribution in [0.25, 0.3) is 0 Å². The Balaban J connectivity index is 2.04. The summed E-state index contributed by atoms with van der Waals surface area (Å²) in [6, 6.07) is 6.28. The molecular weight excluding hydrogens is 338 g/mol. The number of aliphatic imine (C=N–C) groups is 1. The van der Waals surface area contributed by atoms with E-state index in [1.165, 1.54) is 16.8 Å². The zero-order chi connectivity index (χ0) is 19.8. The normalized spacial score (nSPS) is 11.6. The van der Waals surface area contributed by atoms with Crippen LogP contribution in [-0.2, 0) is 33.0 Å². The molecule has 2 rings (SSSR count). The fourth-order valence-electron chi connectivity index (χ4n) is 3.26. The number of guanidine groups is 1. The largest absolute Gasteiger partial charge is 0.494 e. The van der Waals surface area contributed by atoms with E-state index in [4.69, 9.17) is 4.74 Å². The van der Waals surface area contributed by atoms with Crippen LogP contribution in [0.4, 0.5) is 0 Å². The first-order valence-corrected chi connectivity index (χ1v) is 9.74. The zero-order valence-corrected chi connectivity index (χ0v) is 17.5. The lowest BCUT2D eigenvalue weighted by atomic mass is 10.1. The Bertz CT molecular complexity index is 779. The van der Waals surface area contributed by atoms with Crippen molar-refractivity contribution in [3.05, 3.63) is 46.3 Å². The van der Waals surface area contributed by atoms with Crippen molar-refractivity contribution in [2.75, 3.05) is 13.7 Å². The second-order valence-electron chi connectivity index (χ2n) is 6.53. The fourth-order valence-corrected chi connectivity index (χ4v) is 3.26. The summed E-state index contributed by atoms with van der Waals surface area (Å²) in [5.41, 5.74) is 6.01. The van der Waals surface area contributed by atoms with Crippen LogP contribution in [0.5, 0.6) is 5.75 Å². The minimum absolute atomic E-state index is 0.656. The Morgan fingerprint density at radius 2 is 1.89 bits per heavy atom. The maximum atomic E-state index is 5.77. The number of aryl methyl sites for hydroxylation is 3. The molecule has 6 nitrogen and oxygen atoms in total. The van der Waals surface area contributed by atoms with E-state index in [9.17, 15) is 0 Å². The molecular formula is C21H33N5O. The molecule has 1 aromatic carbocycles. The molecule has 1 aromatic heterocycles. The molecule has 0 aliphatic heterocycles. The first-order valence-electron chi connectivity index (χ1n) is 9.74. The molecule has 0 bridgehead atoms. The van der Waals surface area contributed by atoms with E-state index in [0.29, 0.717) is 19.7 Å². The molecule has 0 saturated carbocycles. The predicted octanol–water partition coefficient (Wildman–Crippen LogP) is 3.12. The molecule has 0 saturated heterocycles. The summed E-state index contributed by atoms with van der Waals surface area (Å²) in [4.78, 5) is 4.36. The van der Waals surface area contributed by atoms with Crippen LogP contribution >= 0.6 is 0 Å². The lowest BCUT2D eigenvalue weighted by Crippen LogP contribution is -2.36. The van der Waals surface area contributed by atoms with E-state index in [2.05, 4.69) is 59.7 Å². The van der Waals surface area contributed by atoms with Crippen LogP contribution in [0.1, 0.15) is 48.8 Å². The number of hydrogen-bond donors (Lipinski definition) is 2. The number of benzene rings is 1. The quantitative estimate of drug-likeness (QED) is 0.553. The Morgan fingerprint density at radius 1 is 1.15 bits per heavy atom. The van der Waals surface area contributed by atoms with E-state index in [-0.39, 0.29) is 0 Å². The number of rotatable bonds is 8. The van der Waals surface area contributed by atoms with Crippen molar-refractivity contribution in [3.63, 3.8) is 0 Å². The van der Waals surface area contributed by atoms with Crippen LogP contribution in [0.3, 0.4) is 0 Å². The maximum absolute atomic E-state index is 5.77. The van der Waals surface area contributed by atoms with Gasteiger partial charge in [0.25, 0.3) is 0 Å². The third-order valence-corrected chi connectivity index (χ3v) is 4.65. The van der Waals surface area contributed by atoms with Gasteiger partial charge in [0.05, 0.1) is 12.3 Å². The molecule has 0 radical (unpaired) electrons. The van der Waals surface area contributed by atoms with Crippen LogP contribution in [0.15, 0.2) is 23.2 Å². The number of nitrogens with zero attached hydrogens (tertiary/aromatic N) is 3. The highest BCUT2D eigenvalue weighted by Gasteiger charge is 2.14. The average molecular weight is 372 g/mol. The Hall–Kier alpha value is -2.50. The van der Waals surface area contributed by atoms with Gasteiger partial charge in [-0.05, 0) is 38.3 Å². The van der Waals surface area contributed by atoms with Gasteiger partial charge in [-0.3, -0.25) is 9.67 Å². The van der Waals surface area contributed by atoms with Crippen molar-refractivity contribution in [2.24, 2.45) is 12.0 Å². The third kappa shape index (κ3) is 5.25. The monoisotopic (exact) mass is 371 g/mol. The van der Waals surface area contributed by atoms with Crippen molar-refractivity contribution >= 4 is 5.96 Å². The fraction of sp³-hybridized carbons (Fsp3) is 0.524. The number of ether oxygens (including phenoxy) is 1. The van der Waals surface area contributed by atoms with Gasteiger partial charge < -0.3 is 15.4 Å². The summed E-state index contributed by atoms with van der Waals surface area (Å²) in [6.45, 7) is 10.4. The molecule has 0 aliphatic rings. The predicted molar refractivity (Wildman–Crippen MR) is 111 cm³/mol. The summed E-state index contributed by atoms with van der Waals surface area (Å²) >= 11 is 0. The van der Waals surface area contributed by atoms with Gasteiger partial charge in [-0.1, -0.05) is 26.0 Å². The molecule has 1 heterocycles. The molecule has 148 valence electrons. The molecule has 0 atom stereocenters. The summed E-state index contributed by atoms with van der Waals surface area (Å²) in [7, 11) is 3.81. The second-order valence-corrected chi connectivity index (χ2v) is 6.53. The SMILES string of the molecule is CCOc1cc(C)ccc1CNC(=NC)NCc1c(CC)nn(C)c1CC. The van der Waals surface area contributed by atoms with Crippen molar-refractivity contribution < 1.29 is 4.74 Å². The third-order valence-electron chi connectivity index (χ3n) is 4.65. The Labute approximate surface area is 163 Å². The first kappa shape index (κ1) is 20.8. The molecule has 2 aromatic rings. The number of aromatic nitrogens is 2. The van der Waals surface area contributed by atoms with Crippen LogP contribution < -0.4 is 15.4 Å². The van der Waals surface area contributed by atoms with Crippen molar-refractivity contribution in [2.45, 2.75) is 53.6 Å². The minimum atomic E-state index is 0.656. The highest BCUT2D eigenvalue weighted by molar-refractivity contribution is 5.79. The van der Waals surface area contributed by atoms with E-state index in [1.807, 2.05) is 18.7 Å². The van der Waals surface area contributed by atoms with Gasteiger partial charge in [0.2, 0.25) is 0 Å². The Kier molecular flexibility index (Phi) is 7.70. The lowest BCUT2D eigenvalue weighted by molar-refractivity contribution is 0.336. The number of nitrogens with one attached hydrogen (secondary N) is 2. The van der Waals surface area contributed by atoms with Gasteiger partial charge in [-0.2, -0.15) is 5.10 Å². The number of hydrogen-bond acceptors (Lipinski definition) is 3. The molecule has 0 unspecified atom stereocenters. The molecule has 27 heavy (non-hydrogen) atoms. The molecule has 2 N–H and O–H groups in total. The van der Waals surface area contributed by atoms with Gasteiger partial charge in [0.15, 0.2) is 5.96 Å². The van der Waals surface area contributed by atoms with Gasteiger partial charge in [-0.15, -0.1) is 0 Å². The highest BCUT2D eigenvalue weighted by Crippen LogP contribution is 2.20. The average Bonchev–Trinajstić information content (AvgIpc) is 2.98. The summed E-state index contributed by atoms with van der Waals surface area (Å²) < 4.78 is 7.76. The van der Waals surface area contributed by atoms with E-state index in [0.717, 1.165) is 35.8 Å². The molecule has 0 fully saturated rings. The summed E-state index contributed by atoms with van der Waals surface area (Å²) in [5.74, 6) is 1.69. The van der Waals surface area contributed by atoms with Crippen LogP contribution in [-0.4, -0.2) is 29.4 Å². The first-order chi connectivity index (χ1) is 13.0. The second kappa shape index (κ2) is 10.00. The van der Waals surface area contributed by atoms with Crippen molar-refractivity contribution in [1.82, 2.24) is 20.4 Å². The summed E-state index contributed by atoms with van der Waals surface area (Å²) in [6.07, 6.45) is 1.89. The lowest BCUT2D eigenvalue weighted by Gasteiger charge is -2.15. The van der Waals surface area contributed by atoms with Crippen molar-refractivity contribution in [3.8, 4) is 5.75 Å². The van der Waals surface area contributed by atoms with Crippen LogP contribution in [0, 0.1) is 6.92 Å². The van der Waals surface area contributed by atoms with Gasteiger partial charge in [0.1, 0.15) is 5.75 Å². The van der Waals surface area contributed by atoms with Gasteiger partial charge in [-0.25, -0.2) is 0 Å². The standard InChI is InChI=1S/C21H33N5O/c1-7-18-17(19(8-2)26(6)25-18)14-24-21(22-5)23-13-16-11-10-15(4)12-20(16)27-9-3/h10-12H,7-9,13-14H2,1-6H3,(H2,22,23,24). The zero-order valence-electron chi connectivity index (χ0n) is 17.5. The highest BCUT2D eigenvalue weighted by atomic mass is 16.5. The minimum Gasteiger partial charge on any atom is -0.494 e.